The predicted molar refractivity (Wildman–Crippen MR) is 123 cm³/mol. The maximum Gasteiger partial charge on any atom is 0.407 e. The van der Waals surface area contributed by atoms with Gasteiger partial charge in [0, 0.05) is 36.3 Å². The first-order valence-corrected chi connectivity index (χ1v) is 10.6. The Morgan fingerprint density at radius 3 is 2.24 bits per heavy atom. The molecular weight excluding hydrogens is 442 g/mol. The summed E-state index contributed by atoms with van der Waals surface area (Å²) in [6.07, 6.45) is -0.624. The Bertz CT molecular complexity index is 1160. The van der Waals surface area contributed by atoms with Gasteiger partial charge in [-0.15, -0.1) is 0 Å². The second-order valence-electron chi connectivity index (χ2n) is 8.63. The number of hydrogen-bond donors (Lipinski definition) is 3. The SMILES string of the molecule is CC(C)(C)OC(=O)NCCNC(C1=C(O)c2ccccc2C(=O)C1=O)c1ccc([N+](=O)[O-])cc1. The summed E-state index contributed by atoms with van der Waals surface area (Å²) in [7, 11) is 0. The van der Waals surface area contributed by atoms with Gasteiger partial charge in [-0.05, 0) is 26.3 Å². The molecule has 0 heterocycles. The van der Waals surface area contributed by atoms with Crippen LogP contribution in [-0.4, -0.2) is 46.4 Å². The number of benzene rings is 2. The molecule has 0 fully saturated rings. The summed E-state index contributed by atoms with van der Waals surface area (Å²) in [4.78, 5) is 48.1. The minimum absolute atomic E-state index is 0.0998. The second-order valence-corrected chi connectivity index (χ2v) is 8.63. The normalized spacial score (nSPS) is 14.4. The van der Waals surface area contributed by atoms with Crippen LogP contribution in [0.2, 0.25) is 0 Å². The van der Waals surface area contributed by atoms with E-state index in [1.165, 1.54) is 36.4 Å². The second kappa shape index (κ2) is 9.84. The Morgan fingerprint density at radius 1 is 1.03 bits per heavy atom. The lowest BCUT2D eigenvalue weighted by atomic mass is 9.83. The lowest BCUT2D eigenvalue weighted by molar-refractivity contribution is -0.384. The average molecular weight is 467 g/mol. The topological polar surface area (TPSA) is 148 Å². The van der Waals surface area contributed by atoms with Crippen LogP contribution in [0.25, 0.3) is 5.76 Å². The average Bonchev–Trinajstić information content (AvgIpc) is 2.78. The third kappa shape index (κ3) is 5.46. The molecule has 2 aromatic rings. The molecule has 0 spiro atoms. The summed E-state index contributed by atoms with van der Waals surface area (Å²) in [6.45, 7) is 5.45. The van der Waals surface area contributed by atoms with Crippen molar-refractivity contribution in [3.8, 4) is 0 Å². The van der Waals surface area contributed by atoms with Gasteiger partial charge in [-0.25, -0.2) is 4.79 Å². The van der Waals surface area contributed by atoms with Gasteiger partial charge in [0.1, 0.15) is 11.4 Å². The molecule has 3 N–H and O–H groups in total. The molecule has 0 bridgehead atoms. The zero-order valence-electron chi connectivity index (χ0n) is 19.0. The number of nitro groups is 1. The van der Waals surface area contributed by atoms with Crippen molar-refractivity contribution < 1.29 is 29.2 Å². The number of aliphatic hydroxyl groups is 1. The molecule has 0 saturated heterocycles. The number of Topliss-reactive ketones (excluding diaryl/α,β-unsaturated/α-hetero) is 2. The number of rotatable bonds is 7. The van der Waals surface area contributed by atoms with E-state index in [1.54, 1.807) is 32.9 Å². The molecule has 1 unspecified atom stereocenters. The number of fused-ring (bicyclic) bond motifs is 1. The highest BCUT2D eigenvalue weighted by molar-refractivity contribution is 6.52. The van der Waals surface area contributed by atoms with E-state index in [4.69, 9.17) is 4.74 Å². The molecule has 0 aliphatic heterocycles. The first kappa shape index (κ1) is 24.6. The number of non-ortho nitro benzene ring substituents is 1. The minimum Gasteiger partial charge on any atom is -0.507 e. The molecular formula is C24H25N3O7. The molecule has 1 amide bonds. The fourth-order valence-electron chi connectivity index (χ4n) is 3.52. The van der Waals surface area contributed by atoms with Crippen LogP contribution in [0.4, 0.5) is 10.5 Å². The molecule has 0 radical (unpaired) electrons. The Morgan fingerprint density at radius 2 is 1.65 bits per heavy atom. The summed E-state index contributed by atoms with van der Waals surface area (Å²) < 4.78 is 5.18. The molecule has 1 aliphatic carbocycles. The quantitative estimate of drug-likeness (QED) is 0.243. The van der Waals surface area contributed by atoms with Gasteiger partial charge in [0.05, 0.1) is 16.5 Å². The zero-order chi connectivity index (χ0) is 25.0. The lowest BCUT2D eigenvalue weighted by Crippen LogP contribution is -2.39. The third-order valence-electron chi connectivity index (χ3n) is 5.00. The van der Waals surface area contributed by atoms with Crippen LogP contribution in [0, 0.1) is 10.1 Å². The number of nitrogens with one attached hydrogen (secondary N) is 2. The van der Waals surface area contributed by atoms with Crippen molar-refractivity contribution in [3.63, 3.8) is 0 Å². The Balaban J connectivity index is 1.91. The van der Waals surface area contributed by atoms with Crippen LogP contribution in [0.3, 0.4) is 0 Å². The first-order chi connectivity index (χ1) is 16.0. The van der Waals surface area contributed by atoms with Crippen LogP contribution in [0.1, 0.15) is 48.3 Å². The van der Waals surface area contributed by atoms with E-state index in [2.05, 4.69) is 10.6 Å². The number of ether oxygens (including phenoxy) is 1. The highest BCUT2D eigenvalue weighted by atomic mass is 16.6. The van der Waals surface area contributed by atoms with Crippen LogP contribution in [0.5, 0.6) is 0 Å². The van der Waals surface area contributed by atoms with E-state index < -0.39 is 34.2 Å². The van der Waals surface area contributed by atoms with Crippen molar-refractivity contribution in [3.05, 3.63) is 80.9 Å². The van der Waals surface area contributed by atoms with Gasteiger partial charge in [0.25, 0.3) is 5.69 Å². The number of aliphatic hydroxyl groups excluding tert-OH is 1. The molecule has 0 aromatic heterocycles. The molecule has 0 saturated carbocycles. The van der Waals surface area contributed by atoms with Gasteiger partial charge in [0.2, 0.25) is 11.6 Å². The molecule has 2 aromatic carbocycles. The Labute approximate surface area is 195 Å². The van der Waals surface area contributed by atoms with Crippen LogP contribution in [-0.2, 0) is 9.53 Å². The summed E-state index contributed by atoms with van der Waals surface area (Å²) in [5.74, 6) is -1.99. The minimum atomic E-state index is -0.967. The maximum absolute atomic E-state index is 13.0. The molecule has 1 atom stereocenters. The van der Waals surface area contributed by atoms with Gasteiger partial charge in [-0.2, -0.15) is 0 Å². The summed E-state index contributed by atoms with van der Waals surface area (Å²) in [6, 6.07) is 10.7. The van der Waals surface area contributed by atoms with Crippen molar-refractivity contribution in [2.45, 2.75) is 32.4 Å². The van der Waals surface area contributed by atoms with Gasteiger partial charge in [-0.1, -0.05) is 36.4 Å². The number of nitro benzene ring substituents is 1. The summed E-state index contributed by atoms with van der Waals surface area (Å²) in [5.41, 5.74) is -0.244. The monoisotopic (exact) mass is 467 g/mol. The van der Waals surface area contributed by atoms with E-state index in [0.717, 1.165) is 0 Å². The van der Waals surface area contributed by atoms with Crippen LogP contribution < -0.4 is 10.6 Å². The number of alkyl carbamates (subject to hydrolysis) is 1. The molecule has 1 aliphatic rings. The molecule has 34 heavy (non-hydrogen) atoms. The standard InChI is InChI=1S/C24H25N3O7/c1-24(2,3)34-23(31)26-13-12-25-19(14-8-10-15(11-9-14)27(32)33)18-20(28)16-6-4-5-7-17(16)21(29)22(18)30/h4-11,19,25,28H,12-13H2,1-3H3,(H,26,31). The van der Waals surface area contributed by atoms with Crippen molar-refractivity contribution in [1.29, 1.82) is 0 Å². The highest BCUT2D eigenvalue weighted by Gasteiger charge is 2.37. The number of ketones is 2. The van der Waals surface area contributed by atoms with Gasteiger partial charge in [-0.3, -0.25) is 19.7 Å². The van der Waals surface area contributed by atoms with E-state index >= 15 is 0 Å². The summed E-state index contributed by atoms with van der Waals surface area (Å²) >= 11 is 0. The van der Waals surface area contributed by atoms with Gasteiger partial charge in [0.15, 0.2) is 0 Å². The predicted octanol–water partition coefficient (Wildman–Crippen LogP) is 3.48. The van der Waals surface area contributed by atoms with E-state index in [1.807, 2.05) is 0 Å². The molecule has 10 heteroatoms. The fraction of sp³-hybridized carbons (Fsp3) is 0.292. The smallest absolute Gasteiger partial charge is 0.407 e. The van der Waals surface area contributed by atoms with E-state index in [9.17, 15) is 29.6 Å². The molecule has 10 nitrogen and oxygen atoms in total. The van der Waals surface area contributed by atoms with Crippen molar-refractivity contribution >= 4 is 29.1 Å². The Kier molecular flexibility index (Phi) is 7.11. The number of carbonyl (C=O) groups is 3. The number of hydrogen-bond acceptors (Lipinski definition) is 8. The van der Waals surface area contributed by atoms with Crippen molar-refractivity contribution in [2.75, 3.05) is 13.1 Å². The lowest BCUT2D eigenvalue weighted by Gasteiger charge is -2.26. The first-order valence-electron chi connectivity index (χ1n) is 10.6. The Hall–Kier alpha value is -4.05. The number of carbonyl (C=O) groups excluding carboxylic acids is 3. The van der Waals surface area contributed by atoms with E-state index in [-0.39, 0.29) is 41.2 Å². The van der Waals surface area contributed by atoms with Gasteiger partial charge >= 0.3 is 6.09 Å². The van der Waals surface area contributed by atoms with Crippen LogP contribution >= 0.6 is 0 Å². The maximum atomic E-state index is 13.0. The number of nitrogens with zero attached hydrogens (tertiary/aromatic N) is 1. The summed E-state index contributed by atoms with van der Waals surface area (Å²) in [5, 5.41) is 27.6. The van der Waals surface area contributed by atoms with E-state index in [0.29, 0.717) is 5.56 Å². The highest BCUT2D eigenvalue weighted by Crippen LogP contribution is 2.35. The fourth-order valence-corrected chi connectivity index (χ4v) is 3.52. The third-order valence-corrected chi connectivity index (χ3v) is 5.00. The van der Waals surface area contributed by atoms with Crippen molar-refractivity contribution in [1.82, 2.24) is 10.6 Å². The zero-order valence-corrected chi connectivity index (χ0v) is 19.0. The van der Waals surface area contributed by atoms with Gasteiger partial charge < -0.3 is 20.5 Å². The largest absolute Gasteiger partial charge is 0.507 e. The molecule has 178 valence electrons. The molecule has 3 rings (SSSR count). The van der Waals surface area contributed by atoms with Crippen molar-refractivity contribution in [2.24, 2.45) is 0 Å². The van der Waals surface area contributed by atoms with Crippen LogP contribution in [0.15, 0.2) is 54.1 Å². The number of amides is 1.